The molecule has 1 heterocycles. The van der Waals surface area contributed by atoms with Crippen LogP contribution < -0.4 is 5.32 Å². The Balaban J connectivity index is 2.74. The van der Waals surface area contributed by atoms with E-state index in [2.05, 4.69) is 21.6 Å². The van der Waals surface area contributed by atoms with Crippen LogP contribution in [0.5, 0.6) is 0 Å². The number of nitrogens with one attached hydrogen (secondary N) is 1. The molecule has 0 fully saturated rings. The van der Waals surface area contributed by atoms with E-state index in [-0.39, 0.29) is 5.91 Å². The summed E-state index contributed by atoms with van der Waals surface area (Å²) in [5, 5.41) is 2.61. The highest BCUT2D eigenvalue weighted by Crippen LogP contribution is 2.05. The molecule has 1 aromatic heterocycles. The molecular weight excluding hydrogens is 232 g/mol. The molecule has 1 amide bonds. The standard InChI is InChI=1S/C13H16N2O3/c1-9(2)8-11(13(17)18-3)15-12(16)10-4-6-14-7-5-10/h4-7,11H,1,8H2,2-3H3,(H,15,16)/t11-/m0/s1. The van der Waals surface area contributed by atoms with Crippen LogP contribution in [0.15, 0.2) is 36.7 Å². The molecular formula is C13H16N2O3. The Hall–Kier alpha value is -2.17. The van der Waals surface area contributed by atoms with Crippen molar-refractivity contribution in [1.29, 1.82) is 0 Å². The molecule has 0 saturated heterocycles. The van der Waals surface area contributed by atoms with Gasteiger partial charge < -0.3 is 10.1 Å². The highest BCUT2D eigenvalue weighted by Gasteiger charge is 2.21. The first kappa shape index (κ1) is 13.9. The summed E-state index contributed by atoms with van der Waals surface area (Å²) >= 11 is 0. The number of aromatic nitrogens is 1. The Labute approximate surface area is 106 Å². The molecule has 0 aromatic carbocycles. The molecule has 1 N–H and O–H groups in total. The van der Waals surface area contributed by atoms with Crippen molar-refractivity contribution in [1.82, 2.24) is 10.3 Å². The fraction of sp³-hybridized carbons (Fsp3) is 0.308. The number of nitrogens with zero attached hydrogens (tertiary/aromatic N) is 1. The van der Waals surface area contributed by atoms with E-state index in [1.54, 1.807) is 19.1 Å². The highest BCUT2D eigenvalue weighted by atomic mass is 16.5. The lowest BCUT2D eigenvalue weighted by atomic mass is 10.1. The second-order valence-electron chi connectivity index (χ2n) is 3.95. The van der Waals surface area contributed by atoms with Crippen molar-refractivity contribution in [2.45, 2.75) is 19.4 Å². The zero-order valence-electron chi connectivity index (χ0n) is 10.5. The first-order chi connectivity index (χ1) is 8.54. The largest absolute Gasteiger partial charge is 0.467 e. The van der Waals surface area contributed by atoms with Crippen molar-refractivity contribution in [2.75, 3.05) is 7.11 Å². The van der Waals surface area contributed by atoms with E-state index in [0.717, 1.165) is 5.57 Å². The molecule has 0 aliphatic carbocycles. The van der Waals surface area contributed by atoms with Gasteiger partial charge in [0, 0.05) is 18.0 Å². The van der Waals surface area contributed by atoms with Crippen LogP contribution in [0.25, 0.3) is 0 Å². The SMILES string of the molecule is C=C(C)C[C@H](NC(=O)c1ccncc1)C(=O)OC. The summed E-state index contributed by atoms with van der Waals surface area (Å²) < 4.78 is 4.64. The number of hydrogen-bond acceptors (Lipinski definition) is 4. The molecule has 0 spiro atoms. The van der Waals surface area contributed by atoms with Gasteiger partial charge in [-0.05, 0) is 25.5 Å². The van der Waals surface area contributed by atoms with Crippen molar-refractivity contribution in [2.24, 2.45) is 0 Å². The lowest BCUT2D eigenvalue weighted by Gasteiger charge is -2.16. The fourth-order valence-electron chi connectivity index (χ4n) is 1.43. The third-order valence-corrected chi connectivity index (χ3v) is 2.29. The van der Waals surface area contributed by atoms with Crippen molar-refractivity contribution < 1.29 is 14.3 Å². The second kappa shape index (κ2) is 6.54. The first-order valence-corrected chi connectivity index (χ1v) is 5.47. The number of pyridine rings is 1. The van der Waals surface area contributed by atoms with Gasteiger partial charge in [0.2, 0.25) is 0 Å². The number of hydrogen-bond donors (Lipinski definition) is 1. The Morgan fingerprint density at radius 2 is 2.06 bits per heavy atom. The minimum absolute atomic E-state index is 0.339. The number of esters is 1. The third kappa shape index (κ3) is 4.01. The van der Waals surface area contributed by atoms with Gasteiger partial charge in [-0.3, -0.25) is 9.78 Å². The normalized spacial score (nSPS) is 11.4. The average molecular weight is 248 g/mol. The van der Waals surface area contributed by atoms with Gasteiger partial charge in [-0.1, -0.05) is 5.57 Å². The highest BCUT2D eigenvalue weighted by molar-refractivity contribution is 5.96. The quantitative estimate of drug-likeness (QED) is 0.630. The molecule has 0 bridgehead atoms. The Kier molecular flexibility index (Phi) is 5.05. The van der Waals surface area contributed by atoms with E-state index in [0.29, 0.717) is 12.0 Å². The van der Waals surface area contributed by atoms with Crippen LogP contribution in [0.1, 0.15) is 23.7 Å². The molecule has 0 aliphatic heterocycles. The first-order valence-electron chi connectivity index (χ1n) is 5.47. The smallest absolute Gasteiger partial charge is 0.328 e. The molecule has 5 nitrogen and oxygen atoms in total. The lowest BCUT2D eigenvalue weighted by molar-refractivity contribution is -0.142. The second-order valence-corrected chi connectivity index (χ2v) is 3.95. The minimum Gasteiger partial charge on any atom is -0.467 e. The van der Waals surface area contributed by atoms with Crippen LogP contribution in [0.4, 0.5) is 0 Å². The predicted octanol–water partition coefficient (Wildman–Crippen LogP) is 1.32. The van der Waals surface area contributed by atoms with Gasteiger partial charge in [-0.15, -0.1) is 6.58 Å². The van der Waals surface area contributed by atoms with Crippen LogP contribution in [0, 0.1) is 0 Å². The summed E-state index contributed by atoms with van der Waals surface area (Å²) in [5.74, 6) is -0.825. The summed E-state index contributed by atoms with van der Waals surface area (Å²) in [6.45, 7) is 5.51. The zero-order chi connectivity index (χ0) is 13.5. The molecule has 5 heteroatoms. The molecule has 18 heavy (non-hydrogen) atoms. The van der Waals surface area contributed by atoms with E-state index in [1.165, 1.54) is 19.5 Å². The number of amides is 1. The molecule has 0 aliphatic rings. The summed E-state index contributed by atoms with van der Waals surface area (Å²) in [6, 6.07) is 2.43. The predicted molar refractivity (Wildman–Crippen MR) is 66.9 cm³/mol. The van der Waals surface area contributed by atoms with Crippen LogP contribution in [-0.4, -0.2) is 30.0 Å². The molecule has 0 unspecified atom stereocenters. The number of carbonyl (C=O) groups excluding carboxylic acids is 2. The maximum Gasteiger partial charge on any atom is 0.328 e. The molecule has 1 rings (SSSR count). The average Bonchev–Trinajstić information content (AvgIpc) is 2.37. The Bertz CT molecular complexity index is 443. The maximum absolute atomic E-state index is 11.9. The van der Waals surface area contributed by atoms with Crippen molar-refractivity contribution in [3.05, 3.63) is 42.2 Å². The van der Waals surface area contributed by atoms with Crippen molar-refractivity contribution in [3.63, 3.8) is 0 Å². The monoisotopic (exact) mass is 248 g/mol. The van der Waals surface area contributed by atoms with Crippen LogP contribution >= 0.6 is 0 Å². The molecule has 1 atom stereocenters. The Morgan fingerprint density at radius 1 is 1.44 bits per heavy atom. The van der Waals surface area contributed by atoms with Crippen LogP contribution in [-0.2, 0) is 9.53 Å². The van der Waals surface area contributed by atoms with Gasteiger partial charge in [0.15, 0.2) is 0 Å². The van der Waals surface area contributed by atoms with Crippen LogP contribution in [0.3, 0.4) is 0 Å². The maximum atomic E-state index is 11.9. The van der Waals surface area contributed by atoms with E-state index >= 15 is 0 Å². The Morgan fingerprint density at radius 3 is 2.56 bits per heavy atom. The number of rotatable bonds is 5. The summed E-state index contributed by atoms with van der Waals surface area (Å²) in [5.41, 5.74) is 1.24. The van der Waals surface area contributed by atoms with Gasteiger partial charge in [0.1, 0.15) is 6.04 Å². The van der Waals surface area contributed by atoms with Gasteiger partial charge in [0.05, 0.1) is 7.11 Å². The fourth-order valence-corrected chi connectivity index (χ4v) is 1.43. The van der Waals surface area contributed by atoms with Crippen molar-refractivity contribution >= 4 is 11.9 Å². The van der Waals surface area contributed by atoms with Crippen LogP contribution in [0.2, 0.25) is 0 Å². The lowest BCUT2D eigenvalue weighted by Crippen LogP contribution is -2.41. The molecule has 0 radical (unpaired) electrons. The van der Waals surface area contributed by atoms with E-state index in [1.807, 2.05) is 0 Å². The van der Waals surface area contributed by atoms with E-state index < -0.39 is 12.0 Å². The number of methoxy groups -OCH3 is 1. The third-order valence-electron chi connectivity index (χ3n) is 2.29. The van der Waals surface area contributed by atoms with Gasteiger partial charge in [-0.25, -0.2) is 4.79 Å². The zero-order valence-corrected chi connectivity index (χ0v) is 10.5. The minimum atomic E-state index is -0.715. The van der Waals surface area contributed by atoms with E-state index in [9.17, 15) is 9.59 Å². The number of carbonyl (C=O) groups is 2. The van der Waals surface area contributed by atoms with Gasteiger partial charge in [-0.2, -0.15) is 0 Å². The van der Waals surface area contributed by atoms with E-state index in [4.69, 9.17) is 0 Å². The molecule has 96 valence electrons. The van der Waals surface area contributed by atoms with Crippen molar-refractivity contribution in [3.8, 4) is 0 Å². The number of ether oxygens (including phenoxy) is 1. The van der Waals surface area contributed by atoms with Gasteiger partial charge >= 0.3 is 5.97 Å². The molecule has 0 saturated carbocycles. The summed E-state index contributed by atoms with van der Waals surface area (Å²) in [6.07, 6.45) is 3.38. The molecule has 1 aromatic rings. The van der Waals surface area contributed by atoms with Gasteiger partial charge in [0.25, 0.3) is 5.91 Å². The topological polar surface area (TPSA) is 68.3 Å². The summed E-state index contributed by atoms with van der Waals surface area (Å²) in [4.78, 5) is 27.2. The summed E-state index contributed by atoms with van der Waals surface area (Å²) in [7, 11) is 1.28.